The van der Waals surface area contributed by atoms with Gasteiger partial charge in [-0.25, -0.2) is 0 Å². The lowest BCUT2D eigenvalue weighted by atomic mass is 10.1. The highest BCUT2D eigenvalue weighted by Gasteiger charge is 2.38. The molecule has 0 radical (unpaired) electrons. The van der Waals surface area contributed by atoms with Crippen LogP contribution in [-0.2, 0) is 20.8 Å². The summed E-state index contributed by atoms with van der Waals surface area (Å²) in [5.74, 6) is -0.111. The number of rotatable bonds is 4. The van der Waals surface area contributed by atoms with Gasteiger partial charge in [0.1, 0.15) is 0 Å². The van der Waals surface area contributed by atoms with Gasteiger partial charge in [0.05, 0.1) is 5.92 Å². The zero-order valence-corrected chi connectivity index (χ0v) is 17.1. The third kappa shape index (κ3) is 3.36. The number of nitrogens with one attached hydrogen (secondary N) is 1. The monoisotopic (exact) mass is 403 g/mol. The van der Waals surface area contributed by atoms with E-state index in [2.05, 4.69) is 5.32 Å². The molecule has 154 valence electrons. The molecule has 2 heterocycles. The molecule has 1 aliphatic carbocycles. The molecule has 1 atom stereocenters. The number of nitrogens with zero attached hydrogens (tertiary/aromatic N) is 2. The van der Waals surface area contributed by atoms with Crippen LogP contribution in [0.1, 0.15) is 30.4 Å². The van der Waals surface area contributed by atoms with Gasteiger partial charge in [0, 0.05) is 42.5 Å². The lowest BCUT2D eigenvalue weighted by Crippen LogP contribution is -2.30. The van der Waals surface area contributed by atoms with E-state index in [0.29, 0.717) is 13.1 Å². The van der Waals surface area contributed by atoms with Crippen LogP contribution in [0.2, 0.25) is 0 Å². The van der Waals surface area contributed by atoms with Crippen molar-refractivity contribution >= 4 is 34.8 Å². The van der Waals surface area contributed by atoms with Gasteiger partial charge in [0.15, 0.2) is 0 Å². The maximum absolute atomic E-state index is 12.7. The standard InChI is InChI=1S/C24H25N3O3/c1-15-4-2-3-5-20(15)25-23(29)18-13-22(28)27(14-18)19-8-9-21-17(12-19)10-11-26(21)24(30)16-6-7-16/h2-5,8-9,12,16,18H,6-7,10-11,13-14H2,1H3,(H,25,29)/t18-/m1/s1. The molecule has 3 amide bonds. The maximum Gasteiger partial charge on any atom is 0.230 e. The molecule has 0 unspecified atom stereocenters. The first-order valence-corrected chi connectivity index (χ1v) is 10.6. The molecule has 0 bridgehead atoms. The SMILES string of the molecule is Cc1ccccc1NC(=O)[C@@H]1CC(=O)N(c2ccc3c(c2)CCN3C(=O)C2CC2)C1. The highest BCUT2D eigenvalue weighted by Crippen LogP contribution is 2.38. The first-order chi connectivity index (χ1) is 14.5. The summed E-state index contributed by atoms with van der Waals surface area (Å²) < 4.78 is 0. The number of amides is 3. The van der Waals surface area contributed by atoms with Gasteiger partial charge in [-0.05, 0) is 61.6 Å². The summed E-state index contributed by atoms with van der Waals surface area (Å²) in [5.41, 5.74) is 4.66. The van der Waals surface area contributed by atoms with Crippen LogP contribution in [0.4, 0.5) is 17.1 Å². The lowest BCUT2D eigenvalue weighted by Gasteiger charge is -2.20. The van der Waals surface area contributed by atoms with Gasteiger partial charge in [-0.15, -0.1) is 0 Å². The van der Waals surface area contributed by atoms with E-state index >= 15 is 0 Å². The molecule has 2 aromatic carbocycles. The molecule has 1 saturated heterocycles. The predicted molar refractivity (Wildman–Crippen MR) is 115 cm³/mol. The highest BCUT2D eigenvalue weighted by molar-refractivity contribution is 6.04. The quantitative estimate of drug-likeness (QED) is 0.852. The van der Waals surface area contributed by atoms with Crippen molar-refractivity contribution in [2.24, 2.45) is 11.8 Å². The van der Waals surface area contributed by atoms with Gasteiger partial charge < -0.3 is 15.1 Å². The van der Waals surface area contributed by atoms with Gasteiger partial charge in [-0.1, -0.05) is 18.2 Å². The number of anilines is 3. The van der Waals surface area contributed by atoms with E-state index in [1.165, 1.54) is 0 Å². The van der Waals surface area contributed by atoms with E-state index < -0.39 is 0 Å². The number of aryl methyl sites for hydroxylation is 1. The molecule has 6 nitrogen and oxygen atoms in total. The van der Waals surface area contributed by atoms with Crippen molar-refractivity contribution in [1.82, 2.24) is 0 Å². The Morgan fingerprint density at radius 2 is 1.87 bits per heavy atom. The Bertz CT molecular complexity index is 1040. The molecule has 0 aromatic heterocycles. The summed E-state index contributed by atoms with van der Waals surface area (Å²) in [6.07, 6.45) is 3.01. The molecule has 2 fully saturated rings. The molecule has 3 aliphatic rings. The summed E-state index contributed by atoms with van der Waals surface area (Å²) in [6, 6.07) is 13.5. The Kier molecular flexibility index (Phi) is 4.57. The van der Waals surface area contributed by atoms with Crippen molar-refractivity contribution in [1.29, 1.82) is 0 Å². The number of hydrogen-bond acceptors (Lipinski definition) is 3. The minimum Gasteiger partial charge on any atom is -0.326 e. The molecule has 30 heavy (non-hydrogen) atoms. The van der Waals surface area contributed by atoms with Crippen LogP contribution in [0.5, 0.6) is 0 Å². The second-order valence-corrected chi connectivity index (χ2v) is 8.54. The van der Waals surface area contributed by atoms with Crippen LogP contribution in [0.15, 0.2) is 42.5 Å². The van der Waals surface area contributed by atoms with E-state index in [4.69, 9.17) is 0 Å². The van der Waals surface area contributed by atoms with Crippen molar-refractivity contribution in [2.75, 3.05) is 28.2 Å². The number of hydrogen-bond donors (Lipinski definition) is 1. The van der Waals surface area contributed by atoms with E-state index in [-0.39, 0.29) is 36.0 Å². The van der Waals surface area contributed by atoms with Crippen molar-refractivity contribution in [2.45, 2.75) is 32.6 Å². The average Bonchev–Trinajstić information content (AvgIpc) is 3.39. The van der Waals surface area contributed by atoms with E-state index in [9.17, 15) is 14.4 Å². The Morgan fingerprint density at radius 1 is 1.07 bits per heavy atom. The van der Waals surface area contributed by atoms with Gasteiger partial charge >= 0.3 is 0 Å². The minimum absolute atomic E-state index is 0.0382. The van der Waals surface area contributed by atoms with Crippen LogP contribution < -0.4 is 15.1 Å². The Morgan fingerprint density at radius 3 is 2.63 bits per heavy atom. The van der Waals surface area contributed by atoms with Gasteiger partial charge in [-0.2, -0.15) is 0 Å². The fourth-order valence-corrected chi connectivity index (χ4v) is 4.42. The summed E-state index contributed by atoms with van der Waals surface area (Å²) in [7, 11) is 0. The van der Waals surface area contributed by atoms with Gasteiger partial charge in [0.2, 0.25) is 17.7 Å². The average molecular weight is 403 g/mol. The Hall–Kier alpha value is -3.15. The summed E-state index contributed by atoms with van der Waals surface area (Å²) >= 11 is 0. The molecule has 5 rings (SSSR count). The Labute approximate surface area is 175 Å². The number of fused-ring (bicyclic) bond motifs is 1. The van der Waals surface area contributed by atoms with Crippen LogP contribution in [-0.4, -0.2) is 30.8 Å². The molecular formula is C24H25N3O3. The van der Waals surface area contributed by atoms with E-state index in [1.54, 1.807) is 4.90 Å². The number of para-hydroxylation sites is 1. The number of carbonyl (C=O) groups is 3. The molecule has 1 N–H and O–H groups in total. The zero-order chi connectivity index (χ0) is 20.8. The summed E-state index contributed by atoms with van der Waals surface area (Å²) in [4.78, 5) is 41.5. The normalized spacial score (nSPS) is 20.4. The second-order valence-electron chi connectivity index (χ2n) is 8.54. The van der Waals surface area contributed by atoms with Crippen LogP contribution in [0.25, 0.3) is 0 Å². The van der Waals surface area contributed by atoms with Crippen LogP contribution in [0, 0.1) is 18.8 Å². The molecule has 1 saturated carbocycles. The van der Waals surface area contributed by atoms with E-state index in [0.717, 1.165) is 47.5 Å². The topological polar surface area (TPSA) is 69.7 Å². The molecule has 6 heteroatoms. The van der Waals surface area contributed by atoms with Crippen LogP contribution in [0.3, 0.4) is 0 Å². The summed E-state index contributed by atoms with van der Waals surface area (Å²) in [6.45, 7) is 3.03. The number of carbonyl (C=O) groups excluding carboxylic acids is 3. The third-order valence-corrected chi connectivity index (χ3v) is 6.36. The van der Waals surface area contributed by atoms with Crippen molar-refractivity contribution in [3.05, 3.63) is 53.6 Å². The van der Waals surface area contributed by atoms with Crippen molar-refractivity contribution in [3.8, 4) is 0 Å². The second kappa shape index (κ2) is 7.27. The van der Waals surface area contributed by atoms with Gasteiger partial charge in [0.25, 0.3) is 0 Å². The zero-order valence-electron chi connectivity index (χ0n) is 17.1. The largest absolute Gasteiger partial charge is 0.326 e. The van der Waals surface area contributed by atoms with Gasteiger partial charge in [-0.3, -0.25) is 14.4 Å². The first-order valence-electron chi connectivity index (χ1n) is 10.6. The summed E-state index contributed by atoms with van der Waals surface area (Å²) in [5, 5.41) is 2.96. The molecule has 2 aliphatic heterocycles. The smallest absolute Gasteiger partial charge is 0.230 e. The molecule has 0 spiro atoms. The highest BCUT2D eigenvalue weighted by atomic mass is 16.2. The van der Waals surface area contributed by atoms with Crippen LogP contribution >= 0.6 is 0 Å². The fraction of sp³-hybridized carbons (Fsp3) is 0.375. The van der Waals surface area contributed by atoms with Crippen molar-refractivity contribution in [3.63, 3.8) is 0 Å². The lowest BCUT2D eigenvalue weighted by molar-refractivity contribution is -0.122. The van der Waals surface area contributed by atoms with E-state index in [1.807, 2.05) is 54.3 Å². The first kappa shape index (κ1) is 18.9. The third-order valence-electron chi connectivity index (χ3n) is 6.36. The Balaban J connectivity index is 1.30. The maximum atomic E-state index is 12.7. The predicted octanol–water partition coefficient (Wildman–Crippen LogP) is 3.29. The minimum atomic E-state index is -0.377. The fourth-order valence-electron chi connectivity index (χ4n) is 4.42. The van der Waals surface area contributed by atoms with Crippen molar-refractivity contribution < 1.29 is 14.4 Å². The molecular weight excluding hydrogens is 378 g/mol. The molecule has 2 aromatic rings. The number of benzene rings is 2.